The minimum absolute atomic E-state index is 0.123. The number of carbonyl (C=O) groups excluding carboxylic acids is 2. The van der Waals surface area contributed by atoms with Crippen LogP contribution < -0.4 is 5.32 Å². The van der Waals surface area contributed by atoms with Gasteiger partial charge in [-0.2, -0.15) is 0 Å². The average Bonchev–Trinajstić information content (AvgIpc) is 2.80. The molecule has 2 atom stereocenters. The number of nitrogens with one attached hydrogen (secondary N) is 1. The third-order valence-corrected chi connectivity index (χ3v) is 4.36. The summed E-state index contributed by atoms with van der Waals surface area (Å²) in [6.45, 7) is 3.57. The fraction of sp³-hybridized carbons (Fsp3) is 0.727. The molecule has 0 spiro atoms. The second-order valence-corrected chi connectivity index (χ2v) is 5.61. The van der Waals surface area contributed by atoms with Crippen LogP contribution >= 0.6 is 11.8 Å². The highest BCUT2D eigenvalue weighted by molar-refractivity contribution is 8.00. The van der Waals surface area contributed by atoms with Crippen LogP contribution in [0.4, 0.5) is 4.79 Å². The fourth-order valence-corrected chi connectivity index (χ4v) is 3.27. The molecule has 2 amide bonds. The molecule has 0 saturated carbocycles. The number of methoxy groups -OCH3 is 1. The van der Waals surface area contributed by atoms with Gasteiger partial charge in [0.25, 0.3) is 0 Å². The van der Waals surface area contributed by atoms with Crippen molar-refractivity contribution in [1.82, 2.24) is 10.2 Å². The number of ether oxygens (including phenoxy) is 1. The first-order valence-electron chi connectivity index (χ1n) is 5.85. The first kappa shape index (κ1) is 15.6. The Kier molecular flexibility index (Phi) is 5.46. The molecule has 0 aromatic rings. The Bertz CT molecular complexity index is 374. The summed E-state index contributed by atoms with van der Waals surface area (Å²) in [4.78, 5) is 35.5. The summed E-state index contributed by atoms with van der Waals surface area (Å²) in [7, 11) is 1.22. The molecule has 108 valence electrons. The van der Waals surface area contributed by atoms with Gasteiger partial charge in [0.15, 0.2) is 0 Å². The first-order chi connectivity index (χ1) is 8.88. The Hall–Kier alpha value is -1.44. The van der Waals surface area contributed by atoms with Crippen molar-refractivity contribution in [2.24, 2.45) is 5.92 Å². The van der Waals surface area contributed by atoms with Gasteiger partial charge in [-0.15, -0.1) is 11.8 Å². The summed E-state index contributed by atoms with van der Waals surface area (Å²) in [6.07, 6.45) is 0. The van der Waals surface area contributed by atoms with Crippen molar-refractivity contribution in [3.8, 4) is 0 Å². The van der Waals surface area contributed by atoms with E-state index in [9.17, 15) is 14.4 Å². The quantitative estimate of drug-likeness (QED) is 0.725. The Morgan fingerprint density at radius 2 is 2.11 bits per heavy atom. The van der Waals surface area contributed by atoms with Crippen molar-refractivity contribution in [3.05, 3.63) is 0 Å². The molecule has 19 heavy (non-hydrogen) atoms. The summed E-state index contributed by atoms with van der Waals surface area (Å²) in [6, 6.07) is -1.42. The van der Waals surface area contributed by atoms with E-state index in [0.29, 0.717) is 5.75 Å². The van der Waals surface area contributed by atoms with E-state index in [1.165, 1.54) is 23.8 Å². The average molecular weight is 290 g/mol. The monoisotopic (exact) mass is 290 g/mol. The molecule has 0 aliphatic carbocycles. The van der Waals surface area contributed by atoms with Gasteiger partial charge in [-0.05, 0) is 5.92 Å². The lowest BCUT2D eigenvalue weighted by Crippen LogP contribution is -2.52. The number of carboxylic acid groups (broad SMARTS) is 1. The van der Waals surface area contributed by atoms with Gasteiger partial charge in [-0.3, -0.25) is 9.69 Å². The fourth-order valence-electron chi connectivity index (χ4n) is 1.80. The van der Waals surface area contributed by atoms with E-state index in [1.54, 1.807) is 0 Å². The largest absolute Gasteiger partial charge is 0.480 e. The molecule has 1 aliphatic heterocycles. The normalized spacial score (nSPS) is 22.4. The van der Waals surface area contributed by atoms with Gasteiger partial charge in [-0.1, -0.05) is 13.8 Å². The predicted octanol–water partition coefficient (Wildman–Crippen LogP) is 0.353. The highest BCUT2D eigenvalue weighted by atomic mass is 32.2. The van der Waals surface area contributed by atoms with E-state index in [1.807, 2.05) is 13.8 Å². The van der Waals surface area contributed by atoms with Gasteiger partial charge in [0.05, 0.1) is 12.5 Å². The number of aliphatic carboxylic acids is 1. The third-order valence-electron chi connectivity index (χ3n) is 2.74. The molecule has 2 unspecified atom stereocenters. The van der Waals surface area contributed by atoms with E-state index in [-0.39, 0.29) is 17.8 Å². The summed E-state index contributed by atoms with van der Waals surface area (Å²) >= 11 is 1.43. The van der Waals surface area contributed by atoms with Gasteiger partial charge in [0.2, 0.25) is 0 Å². The van der Waals surface area contributed by atoms with E-state index >= 15 is 0 Å². The standard InChI is InChI=1S/C11H18N2O5S/c1-6(2)9-13(7(5-19-9)10(15)16)11(17)12-4-8(14)18-3/h6-7,9H,4-5H2,1-3H3,(H,12,17)(H,15,16). The van der Waals surface area contributed by atoms with Crippen molar-refractivity contribution in [3.63, 3.8) is 0 Å². The van der Waals surface area contributed by atoms with Crippen molar-refractivity contribution in [1.29, 1.82) is 0 Å². The van der Waals surface area contributed by atoms with Crippen LogP contribution in [0.2, 0.25) is 0 Å². The molecule has 0 radical (unpaired) electrons. The van der Waals surface area contributed by atoms with Crippen LogP contribution in [0, 0.1) is 5.92 Å². The molecule has 1 fully saturated rings. The predicted molar refractivity (Wildman–Crippen MR) is 69.8 cm³/mol. The maximum atomic E-state index is 12.0. The number of hydrogen-bond acceptors (Lipinski definition) is 5. The number of amides is 2. The molecule has 0 bridgehead atoms. The van der Waals surface area contributed by atoms with Crippen LogP contribution in [0.15, 0.2) is 0 Å². The summed E-state index contributed by atoms with van der Waals surface area (Å²) < 4.78 is 4.42. The number of carbonyl (C=O) groups is 3. The lowest BCUT2D eigenvalue weighted by molar-refractivity contribution is -0.141. The smallest absolute Gasteiger partial charge is 0.327 e. The second-order valence-electron chi connectivity index (χ2n) is 4.46. The van der Waals surface area contributed by atoms with Gasteiger partial charge in [0, 0.05) is 5.75 Å². The Morgan fingerprint density at radius 1 is 1.47 bits per heavy atom. The Labute approximate surface area is 115 Å². The third kappa shape index (κ3) is 3.76. The minimum Gasteiger partial charge on any atom is -0.480 e. The number of urea groups is 1. The van der Waals surface area contributed by atoms with Crippen molar-refractivity contribution >= 4 is 29.7 Å². The maximum absolute atomic E-state index is 12.0. The summed E-state index contributed by atoms with van der Waals surface area (Å²) in [5.41, 5.74) is 0. The number of thioether (sulfide) groups is 1. The molecule has 2 N–H and O–H groups in total. The Morgan fingerprint density at radius 3 is 2.58 bits per heavy atom. The van der Waals surface area contributed by atoms with Crippen molar-refractivity contribution in [2.75, 3.05) is 19.4 Å². The van der Waals surface area contributed by atoms with Crippen LogP contribution in [-0.4, -0.2) is 58.8 Å². The van der Waals surface area contributed by atoms with E-state index in [0.717, 1.165) is 0 Å². The Balaban J connectivity index is 2.75. The molecular weight excluding hydrogens is 272 g/mol. The summed E-state index contributed by atoms with van der Waals surface area (Å²) in [5, 5.41) is 11.3. The highest BCUT2D eigenvalue weighted by Crippen LogP contribution is 2.33. The zero-order valence-corrected chi connectivity index (χ0v) is 11.9. The van der Waals surface area contributed by atoms with Crippen LogP contribution in [0.3, 0.4) is 0 Å². The number of carboxylic acids is 1. The zero-order chi connectivity index (χ0) is 14.6. The van der Waals surface area contributed by atoms with E-state index in [4.69, 9.17) is 5.11 Å². The van der Waals surface area contributed by atoms with Gasteiger partial charge in [0.1, 0.15) is 12.6 Å². The second kappa shape index (κ2) is 6.65. The van der Waals surface area contributed by atoms with Crippen molar-refractivity contribution in [2.45, 2.75) is 25.3 Å². The molecule has 1 rings (SSSR count). The molecular formula is C11H18N2O5S. The van der Waals surface area contributed by atoms with Crippen LogP contribution in [0.5, 0.6) is 0 Å². The number of hydrogen-bond donors (Lipinski definition) is 2. The zero-order valence-electron chi connectivity index (χ0n) is 11.1. The molecule has 8 heteroatoms. The van der Waals surface area contributed by atoms with Crippen LogP contribution in [-0.2, 0) is 14.3 Å². The number of esters is 1. The van der Waals surface area contributed by atoms with Gasteiger partial charge in [-0.25, -0.2) is 9.59 Å². The van der Waals surface area contributed by atoms with Crippen molar-refractivity contribution < 1.29 is 24.2 Å². The number of nitrogens with zero attached hydrogens (tertiary/aromatic N) is 1. The maximum Gasteiger partial charge on any atom is 0.327 e. The molecule has 0 aromatic heterocycles. The lowest BCUT2D eigenvalue weighted by atomic mass is 10.2. The molecule has 0 aromatic carbocycles. The highest BCUT2D eigenvalue weighted by Gasteiger charge is 2.42. The SMILES string of the molecule is COC(=O)CNC(=O)N1C(C(=O)O)CSC1C(C)C. The first-order valence-corrected chi connectivity index (χ1v) is 6.90. The minimum atomic E-state index is -1.04. The lowest BCUT2D eigenvalue weighted by Gasteiger charge is -2.29. The summed E-state index contributed by atoms with van der Waals surface area (Å²) in [5.74, 6) is -1.14. The van der Waals surface area contributed by atoms with Crippen LogP contribution in [0.1, 0.15) is 13.8 Å². The van der Waals surface area contributed by atoms with E-state index < -0.39 is 24.0 Å². The topological polar surface area (TPSA) is 95.9 Å². The molecule has 7 nitrogen and oxygen atoms in total. The van der Waals surface area contributed by atoms with Gasteiger partial charge < -0.3 is 15.2 Å². The molecule has 1 saturated heterocycles. The molecule has 1 aliphatic rings. The van der Waals surface area contributed by atoms with E-state index in [2.05, 4.69) is 10.1 Å². The van der Waals surface area contributed by atoms with Crippen LogP contribution in [0.25, 0.3) is 0 Å². The molecule has 1 heterocycles. The van der Waals surface area contributed by atoms with Gasteiger partial charge >= 0.3 is 18.0 Å². The number of rotatable bonds is 4.